The first kappa shape index (κ1) is 21.9. The SMILES string of the molecule is CCOc1ccccc1[C@@H]1C2=C(CC(C)(C)CC2=O)Nc2c(C(=O)Nc3ccccc3)cnn21. The smallest absolute Gasteiger partial charge is 0.261 e. The van der Waals surface area contributed by atoms with Crippen LogP contribution in [0.5, 0.6) is 5.75 Å². The number of ether oxygens (including phenoxy) is 1. The summed E-state index contributed by atoms with van der Waals surface area (Å²) in [5.41, 5.74) is 3.34. The lowest BCUT2D eigenvalue weighted by molar-refractivity contribution is -0.118. The van der Waals surface area contributed by atoms with E-state index in [0.29, 0.717) is 47.8 Å². The summed E-state index contributed by atoms with van der Waals surface area (Å²) in [6, 6.07) is 16.6. The Bertz CT molecular complexity index is 1290. The third-order valence-corrected chi connectivity index (χ3v) is 6.29. The summed E-state index contributed by atoms with van der Waals surface area (Å²) in [6.07, 6.45) is 2.72. The van der Waals surface area contributed by atoms with Crippen molar-refractivity contribution in [1.82, 2.24) is 9.78 Å². The number of hydrogen-bond donors (Lipinski definition) is 2. The summed E-state index contributed by atoms with van der Waals surface area (Å²) in [7, 11) is 0. The number of carbonyl (C=O) groups is 2. The van der Waals surface area contributed by atoms with Crippen molar-refractivity contribution in [3.05, 3.63) is 83.2 Å². The van der Waals surface area contributed by atoms with Gasteiger partial charge in [0.1, 0.15) is 23.2 Å². The minimum Gasteiger partial charge on any atom is -0.494 e. The standard InChI is InChI=1S/C27H28N4O3/c1-4-34-22-13-9-8-12-18(22)24-23-20(14-27(2,3)15-21(23)32)30-25-19(16-28-31(24)25)26(33)29-17-10-6-5-7-11-17/h5-13,16,24,30H,4,14-15H2,1-3H3,(H,29,33)/t24-/m1/s1. The normalized spacial score (nSPS) is 18.6. The van der Waals surface area contributed by atoms with Gasteiger partial charge in [0.25, 0.3) is 5.91 Å². The van der Waals surface area contributed by atoms with Gasteiger partial charge in [0.2, 0.25) is 0 Å². The van der Waals surface area contributed by atoms with E-state index in [1.54, 1.807) is 10.9 Å². The van der Waals surface area contributed by atoms with Crippen LogP contribution in [-0.2, 0) is 4.79 Å². The van der Waals surface area contributed by atoms with E-state index < -0.39 is 6.04 Å². The minimum atomic E-state index is -0.476. The summed E-state index contributed by atoms with van der Waals surface area (Å²) in [4.78, 5) is 26.6. The number of carbonyl (C=O) groups excluding carboxylic acids is 2. The molecule has 5 rings (SSSR count). The molecular weight excluding hydrogens is 428 g/mol. The summed E-state index contributed by atoms with van der Waals surface area (Å²) < 4.78 is 7.66. The highest BCUT2D eigenvalue weighted by atomic mass is 16.5. The van der Waals surface area contributed by atoms with E-state index >= 15 is 0 Å². The van der Waals surface area contributed by atoms with Crippen LogP contribution in [0.25, 0.3) is 0 Å². The molecule has 0 saturated carbocycles. The molecular formula is C27H28N4O3. The number of allylic oxidation sites excluding steroid dienone is 2. The van der Waals surface area contributed by atoms with Crippen LogP contribution < -0.4 is 15.4 Å². The van der Waals surface area contributed by atoms with Gasteiger partial charge in [-0.25, -0.2) is 4.68 Å². The number of anilines is 2. The predicted molar refractivity (Wildman–Crippen MR) is 131 cm³/mol. The largest absolute Gasteiger partial charge is 0.494 e. The third kappa shape index (κ3) is 3.87. The molecule has 0 saturated heterocycles. The van der Waals surface area contributed by atoms with Crippen LogP contribution in [0, 0.1) is 5.41 Å². The topological polar surface area (TPSA) is 85.2 Å². The molecule has 2 heterocycles. The number of rotatable bonds is 5. The lowest BCUT2D eigenvalue weighted by Crippen LogP contribution is -2.37. The Morgan fingerprint density at radius 2 is 1.88 bits per heavy atom. The predicted octanol–water partition coefficient (Wildman–Crippen LogP) is 5.19. The molecule has 2 aliphatic rings. The highest BCUT2D eigenvalue weighted by molar-refractivity contribution is 6.08. The van der Waals surface area contributed by atoms with Crippen LogP contribution in [0.15, 0.2) is 72.1 Å². The number of Topliss-reactive ketones (excluding diaryl/α,β-unsaturated/α-hetero) is 1. The Labute approximate surface area is 198 Å². The second-order valence-corrected chi connectivity index (χ2v) is 9.50. The first-order chi connectivity index (χ1) is 16.4. The van der Waals surface area contributed by atoms with Gasteiger partial charge < -0.3 is 15.4 Å². The average molecular weight is 457 g/mol. The molecule has 34 heavy (non-hydrogen) atoms. The summed E-state index contributed by atoms with van der Waals surface area (Å²) in [5.74, 6) is 1.11. The third-order valence-electron chi connectivity index (χ3n) is 6.29. The fraction of sp³-hybridized carbons (Fsp3) is 0.296. The lowest BCUT2D eigenvalue weighted by Gasteiger charge is -2.39. The first-order valence-electron chi connectivity index (χ1n) is 11.6. The van der Waals surface area contributed by atoms with Crippen molar-refractivity contribution in [3.8, 4) is 5.75 Å². The zero-order valence-electron chi connectivity index (χ0n) is 19.6. The second-order valence-electron chi connectivity index (χ2n) is 9.50. The fourth-order valence-electron chi connectivity index (χ4n) is 4.88. The summed E-state index contributed by atoms with van der Waals surface area (Å²) in [6.45, 7) is 6.62. The Kier molecular flexibility index (Phi) is 5.48. The van der Waals surface area contributed by atoms with Crippen LogP contribution in [0.4, 0.5) is 11.5 Å². The Hall–Kier alpha value is -3.87. The number of nitrogens with zero attached hydrogens (tertiary/aromatic N) is 2. The Morgan fingerprint density at radius 3 is 2.65 bits per heavy atom. The van der Waals surface area contributed by atoms with E-state index in [9.17, 15) is 9.59 Å². The number of benzene rings is 2. The number of hydrogen-bond acceptors (Lipinski definition) is 5. The van der Waals surface area contributed by atoms with Crippen LogP contribution >= 0.6 is 0 Å². The molecule has 1 aliphatic heterocycles. The molecule has 0 bridgehead atoms. The van der Waals surface area contributed by atoms with Gasteiger partial charge in [0.05, 0.1) is 12.8 Å². The van der Waals surface area contributed by atoms with E-state index in [4.69, 9.17) is 4.74 Å². The van der Waals surface area contributed by atoms with Gasteiger partial charge in [0.15, 0.2) is 5.78 Å². The number of aromatic nitrogens is 2. The molecule has 7 heteroatoms. The monoisotopic (exact) mass is 456 g/mol. The Morgan fingerprint density at radius 1 is 1.15 bits per heavy atom. The summed E-state index contributed by atoms with van der Waals surface area (Å²) in [5, 5.41) is 10.9. The van der Waals surface area contributed by atoms with Crippen molar-refractivity contribution in [2.24, 2.45) is 5.41 Å². The zero-order valence-corrected chi connectivity index (χ0v) is 19.6. The molecule has 1 amide bonds. The Balaban J connectivity index is 1.63. The second kappa shape index (κ2) is 8.48. The van der Waals surface area contributed by atoms with Gasteiger partial charge in [-0.05, 0) is 37.0 Å². The minimum absolute atomic E-state index is 0.0893. The molecule has 174 valence electrons. The van der Waals surface area contributed by atoms with Crippen LogP contribution in [0.1, 0.15) is 55.6 Å². The van der Waals surface area contributed by atoms with E-state index in [1.807, 2.05) is 61.5 Å². The summed E-state index contributed by atoms with van der Waals surface area (Å²) >= 11 is 0. The van der Waals surface area contributed by atoms with Gasteiger partial charge in [-0.2, -0.15) is 5.10 Å². The number of amides is 1. The van der Waals surface area contributed by atoms with Crippen LogP contribution in [0.2, 0.25) is 0 Å². The number of nitrogens with one attached hydrogen (secondary N) is 2. The maximum absolute atomic E-state index is 13.4. The van der Waals surface area contributed by atoms with Gasteiger partial charge >= 0.3 is 0 Å². The van der Waals surface area contributed by atoms with Crippen molar-refractivity contribution in [2.75, 3.05) is 17.2 Å². The van der Waals surface area contributed by atoms with Gasteiger partial charge in [-0.15, -0.1) is 0 Å². The fourth-order valence-corrected chi connectivity index (χ4v) is 4.88. The number of fused-ring (bicyclic) bond motifs is 1. The molecule has 0 unspecified atom stereocenters. The molecule has 2 N–H and O–H groups in total. The average Bonchev–Trinajstić information content (AvgIpc) is 3.22. The van der Waals surface area contributed by atoms with Gasteiger partial charge in [-0.3, -0.25) is 9.59 Å². The highest BCUT2D eigenvalue weighted by Crippen LogP contribution is 2.47. The number of ketones is 1. The highest BCUT2D eigenvalue weighted by Gasteiger charge is 2.43. The number of para-hydroxylation sites is 2. The first-order valence-corrected chi connectivity index (χ1v) is 11.6. The molecule has 1 atom stereocenters. The van der Waals surface area contributed by atoms with E-state index in [2.05, 4.69) is 29.6 Å². The molecule has 7 nitrogen and oxygen atoms in total. The van der Waals surface area contributed by atoms with Gasteiger partial charge in [-0.1, -0.05) is 50.2 Å². The van der Waals surface area contributed by atoms with E-state index in [-0.39, 0.29) is 17.1 Å². The van der Waals surface area contributed by atoms with Crippen LogP contribution in [0.3, 0.4) is 0 Å². The lowest BCUT2D eigenvalue weighted by atomic mass is 9.73. The molecule has 3 aromatic rings. The zero-order chi connectivity index (χ0) is 23.9. The van der Waals surface area contributed by atoms with Crippen molar-refractivity contribution in [2.45, 2.75) is 39.7 Å². The van der Waals surface area contributed by atoms with Crippen molar-refractivity contribution >= 4 is 23.2 Å². The maximum Gasteiger partial charge on any atom is 0.261 e. The van der Waals surface area contributed by atoms with Gasteiger partial charge in [0, 0.05) is 28.9 Å². The molecule has 1 aromatic heterocycles. The molecule has 0 radical (unpaired) electrons. The van der Waals surface area contributed by atoms with E-state index in [1.165, 1.54) is 0 Å². The van der Waals surface area contributed by atoms with Crippen molar-refractivity contribution in [3.63, 3.8) is 0 Å². The van der Waals surface area contributed by atoms with E-state index in [0.717, 1.165) is 11.3 Å². The van der Waals surface area contributed by atoms with Crippen molar-refractivity contribution < 1.29 is 14.3 Å². The van der Waals surface area contributed by atoms with Crippen molar-refractivity contribution in [1.29, 1.82) is 0 Å². The quantitative estimate of drug-likeness (QED) is 0.552. The maximum atomic E-state index is 13.4. The molecule has 2 aromatic carbocycles. The molecule has 0 fully saturated rings. The molecule has 1 aliphatic carbocycles. The van der Waals surface area contributed by atoms with Crippen LogP contribution in [-0.4, -0.2) is 28.1 Å². The molecule has 0 spiro atoms.